The van der Waals surface area contributed by atoms with Crippen LogP contribution in [0.3, 0.4) is 0 Å². The number of hydrogen-bond donors (Lipinski definition) is 1. The van der Waals surface area contributed by atoms with Crippen LogP contribution in [0.4, 0.5) is 0 Å². The van der Waals surface area contributed by atoms with Gasteiger partial charge in [-0.05, 0) is 37.7 Å². The normalized spacial score (nSPS) is 15.1. The van der Waals surface area contributed by atoms with Gasteiger partial charge >= 0.3 is 5.97 Å². The molecule has 0 saturated carbocycles. The van der Waals surface area contributed by atoms with Gasteiger partial charge in [-0.1, -0.05) is 13.8 Å². The molecule has 1 unspecified atom stereocenters. The number of rotatable bonds is 7. The average molecular weight is 233 g/mol. The Morgan fingerprint density at radius 2 is 2.13 bits per heavy atom. The van der Waals surface area contributed by atoms with E-state index in [4.69, 9.17) is 10.5 Å². The van der Waals surface area contributed by atoms with Crippen LogP contribution in [0.1, 0.15) is 40.5 Å². The van der Waals surface area contributed by atoms with Gasteiger partial charge in [-0.2, -0.15) is 11.8 Å². The first-order valence-electron chi connectivity index (χ1n) is 5.48. The van der Waals surface area contributed by atoms with Crippen LogP contribution in [-0.2, 0) is 9.53 Å². The van der Waals surface area contributed by atoms with Crippen molar-refractivity contribution in [2.24, 2.45) is 5.73 Å². The Balaban J connectivity index is 3.78. The molecule has 0 bridgehead atoms. The molecule has 0 aromatic carbocycles. The summed E-state index contributed by atoms with van der Waals surface area (Å²) in [5, 5.41) is 0.636. The predicted octanol–water partition coefficient (Wildman–Crippen LogP) is 2.19. The summed E-state index contributed by atoms with van der Waals surface area (Å²) in [7, 11) is 0. The van der Waals surface area contributed by atoms with E-state index in [0.29, 0.717) is 18.3 Å². The second-order valence-corrected chi connectivity index (χ2v) is 5.85. The fourth-order valence-corrected chi connectivity index (χ4v) is 1.94. The zero-order valence-corrected chi connectivity index (χ0v) is 11.0. The molecular formula is C11H23NO2S. The van der Waals surface area contributed by atoms with Crippen molar-refractivity contribution < 1.29 is 9.53 Å². The van der Waals surface area contributed by atoms with Crippen molar-refractivity contribution in [2.75, 3.05) is 12.4 Å². The molecule has 2 N–H and O–H groups in total. The van der Waals surface area contributed by atoms with Gasteiger partial charge in [0.1, 0.15) is 5.54 Å². The van der Waals surface area contributed by atoms with E-state index in [9.17, 15) is 4.79 Å². The van der Waals surface area contributed by atoms with Crippen LogP contribution in [0.25, 0.3) is 0 Å². The van der Waals surface area contributed by atoms with E-state index < -0.39 is 5.54 Å². The molecule has 0 saturated heterocycles. The Hall–Kier alpha value is -0.220. The van der Waals surface area contributed by atoms with Crippen LogP contribution in [0, 0.1) is 0 Å². The summed E-state index contributed by atoms with van der Waals surface area (Å²) in [5.74, 6) is 0.753. The molecule has 0 heterocycles. The number of thioether (sulfide) groups is 1. The molecule has 3 nitrogen and oxygen atoms in total. The lowest BCUT2D eigenvalue weighted by atomic mass is 9.98. The summed E-state index contributed by atoms with van der Waals surface area (Å²) in [6.07, 6.45) is 1.64. The van der Waals surface area contributed by atoms with E-state index in [-0.39, 0.29) is 5.97 Å². The third-order valence-electron chi connectivity index (χ3n) is 2.03. The molecule has 4 heteroatoms. The van der Waals surface area contributed by atoms with Gasteiger partial charge in [0.2, 0.25) is 0 Å². The van der Waals surface area contributed by atoms with Crippen molar-refractivity contribution in [1.82, 2.24) is 0 Å². The van der Waals surface area contributed by atoms with Crippen LogP contribution in [0.5, 0.6) is 0 Å². The van der Waals surface area contributed by atoms with E-state index in [1.807, 2.05) is 11.8 Å². The molecule has 1 atom stereocenters. The Morgan fingerprint density at radius 3 is 2.60 bits per heavy atom. The predicted molar refractivity (Wildman–Crippen MR) is 66.1 cm³/mol. The lowest BCUT2D eigenvalue weighted by Gasteiger charge is -2.22. The van der Waals surface area contributed by atoms with Gasteiger partial charge in [0.25, 0.3) is 0 Å². The molecule has 90 valence electrons. The average Bonchev–Trinajstić information content (AvgIpc) is 2.12. The fraction of sp³-hybridized carbons (Fsp3) is 0.909. The minimum absolute atomic E-state index is 0.292. The van der Waals surface area contributed by atoms with Gasteiger partial charge in [-0.25, -0.2) is 0 Å². The topological polar surface area (TPSA) is 52.3 Å². The third-order valence-corrected chi connectivity index (χ3v) is 3.22. The van der Waals surface area contributed by atoms with E-state index in [0.717, 1.165) is 12.2 Å². The standard InChI is InChI=1S/C11H23NO2S/c1-5-14-10(13)11(4,12)7-6-8-15-9(2)3/h9H,5-8,12H2,1-4H3. The molecule has 0 spiro atoms. The minimum atomic E-state index is -0.826. The maximum Gasteiger partial charge on any atom is 0.325 e. The molecule has 0 radical (unpaired) electrons. The zero-order chi connectivity index (χ0) is 11.9. The molecule has 0 aliphatic carbocycles. The van der Waals surface area contributed by atoms with Crippen LogP contribution < -0.4 is 5.73 Å². The summed E-state index contributed by atoms with van der Waals surface area (Å²) in [6, 6.07) is 0. The summed E-state index contributed by atoms with van der Waals surface area (Å²) in [6.45, 7) is 8.26. The number of carbonyl (C=O) groups excluding carboxylic acids is 1. The van der Waals surface area contributed by atoms with Crippen LogP contribution in [-0.4, -0.2) is 29.1 Å². The molecule has 0 aliphatic rings. The van der Waals surface area contributed by atoms with Crippen molar-refractivity contribution in [3.05, 3.63) is 0 Å². The van der Waals surface area contributed by atoms with Crippen LogP contribution >= 0.6 is 11.8 Å². The van der Waals surface area contributed by atoms with Gasteiger partial charge in [-0.15, -0.1) is 0 Å². The van der Waals surface area contributed by atoms with Gasteiger partial charge in [0.15, 0.2) is 0 Å². The molecule has 0 aromatic rings. The van der Waals surface area contributed by atoms with Crippen molar-refractivity contribution in [3.63, 3.8) is 0 Å². The molecule has 0 fully saturated rings. The number of nitrogens with two attached hydrogens (primary N) is 1. The second-order valence-electron chi connectivity index (χ2n) is 4.16. The Bertz CT molecular complexity index is 193. The summed E-state index contributed by atoms with van der Waals surface area (Å²) in [5.41, 5.74) is 5.05. The highest BCUT2D eigenvalue weighted by molar-refractivity contribution is 7.99. The SMILES string of the molecule is CCOC(=O)C(C)(N)CCCSC(C)C. The van der Waals surface area contributed by atoms with Gasteiger partial charge in [0.05, 0.1) is 6.61 Å². The third kappa shape index (κ3) is 6.79. The second kappa shape index (κ2) is 7.12. The Labute approximate surface area is 97.1 Å². The Kier molecular flexibility index (Phi) is 7.02. The van der Waals surface area contributed by atoms with Crippen molar-refractivity contribution >= 4 is 17.7 Å². The first-order chi connectivity index (χ1) is 6.90. The quantitative estimate of drug-likeness (QED) is 0.541. The lowest BCUT2D eigenvalue weighted by Crippen LogP contribution is -2.46. The van der Waals surface area contributed by atoms with E-state index >= 15 is 0 Å². The maximum absolute atomic E-state index is 11.4. The number of ether oxygens (including phenoxy) is 1. The van der Waals surface area contributed by atoms with Gasteiger partial charge < -0.3 is 10.5 Å². The monoisotopic (exact) mass is 233 g/mol. The maximum atomic E-state index is 11.4. The fourth-order valence-electron chi connectivity index (χ4n) is 1.16. The van der Waals surface area contributed by atoms with E-state index in [2.05, 4.69) is 13.8 Å². The van der Waals surface area contributed by atoms with Gasteiger partial charge in [-0.3, -0.25) is 4.79 Å². The first-order valence-corrected chi connectivity index (χ1v) is 6.52. The molecule has 0 amide bonds. The van der Waals surface area contributed by atoms with Crippen molar-refractivity contribution in [3.8, 4) is 0 Å². The summed E-state index contributed by atoms with van der Waals surface area (Å²) in [4.78, 5) is 11.4. The molecule has 15 heavy (non-hydrogen) atoms. The molecule has 0 aliphatic heterocycles. The zero-order valence-electron chi connectivity index (χ0n) is 10.2. The highest BCUT2D eigenvalue weighted by Gasteiger charge is 2.28. The lowest BCUT2D eigenvalue weighted by molar-refractivity contribution is -0.149. The molecular weight excluding hydrogens is 210 g/mol. The van der Waals surface area contributed by atoms with Crippen LogP contribution in [0.15, 0.2) is 0 Å². The minimum Gasteiger partial charge on any atom is -0.465 e. The van der Waals surface area contributed by atoms with Crippen molar-refractivity contribution in [2.45, 2.75) is 51.3 Å². The highest BCUT2D eigenvalue weighted by atomic mass is 32.2. The Morgan fingerprint density at radius 1 is 1.53 bits per heavy atom. The van der Waals surface area contributed by atoms with E-state index in [1.165, 1.54) is 0 Å². The molecule has 0 aromatic heterocycles. The highest BCUT2D eigenvalue weighted by Crippen LogP contribution is 2.16. The van der Waals surface area contributed by atoms with Crippen LogP contribution in [0.2, 0.25) is 0 Å². The number of esters is 1. The number of carbonyl (C=O) groups is 1. The smallest absolute Gasteiger partial charge is 0.325 e. The molecule has 0 rings (SSSR count). The van der Waals surface area contributed by atoms with Crippen molar-refractivity contribution in [1.29, 1.82) is 0 Å². The number of hydrogen-bond acceptors (Lipinski definition) is 4. The van der Waals surface area contributed by atoms with Gasteiger partial charge in [0, 0.05) is 0 Å². The van der Waals surface area contributed by atoms with E-state index in [1.54, 1.807) is 13.8 Å². The summed E-state index contributed by atoms with van der Waals surface area (Å²) >= 11 is 1.89. The largest absolute Gasteiger partial charge is 0.465 e. The summed E-state index contributed by atoms with van der Waals surface area (Å²) < 4.78 is 4.91. The first kappa shape index (κ1) is 14.8.